The SMILES string of the molecule is CCCN(Cc1ccccc1)C(=S)Nc1ccc2nc3c4ccccc4c4ccccc4c3nc2c1. The van der Waals surface area contributed by atoms with Gasteiger partial charge in [0.2, 0.25) is 0 Å². The maximum atomic E-state index is 5.82. The summed E-state index contributed by atoms with van der Waals surface area (Å²) in [5.41, 5.74) is 5.73. The number of nitrogens with one attached hydrogen (secondary N) is 1. The average molecular weight is 487 g/mol. The van der Waals surface area contributed by atoms with Gasteiger partial charge in [0.05, 0.1) is 22.1 Å². The third kappa shape index (κ3) is 4.12. The van der Waals surface area contributed by atoms with Crippen molar-refractivity contribution in [2.75, 3.05) is 11.9 Å². The molecule has 176 valence electrons. The predicted molar refractivity (Wildman–Crippen MR) is 155 cm³/mol. The lowest BCUT2D eigenvalue weighted by Crippen LogP contribution is -2.34. The minimum absolute atomic E-state index is 0.713. The second kappa shape index (κ2) is 9.51. The van der Waals surface area contributed by atoms with Gasteiger partial charge in [-0.2, -0.15) is 0 Å². The van der Waals surface area contributed by atoms with Gasteiger partial charge in [-0.05, 0) is 53.2 Å². The van der Waals surface area contributed by atoms with Gasteiger partial charge in [0.25, 0.3) is 0 Å². The predicted octanol–water partition coefficient (Wildman–Crippen LogP) is 7.70. The summed E-state index contributed by atoms with van der Waals surface area (Å²) < 4.78 is 0. The van der Waals surface area contributed by atoms with Gasteiger partial charge in [0, 0.05) is 29.5 Å². The summed E-state index contributed by atoms with van der Waals surface area (Å²) in [6, 6.07) is 33.4. The van der Waals surface area contributed by atoms with Crippen LogP contribution in [0.3, 0.4) is 0 Å². The van der Waals surface area contributed by atoms with Crippen LogP contribution in [0.4, 0.5) is 5.69 Å². The number of thiocarbonyl (C=S) groups is 1. The number of rotatable bonds is 5. The van der Waals surface area contributed by atoms with Crippen LogP contribution in [-0.2, 0) is 6.54 Å². The Kier molecular flexibility index (Phi) is 5.91. The van der Waals surface area contributed by atoms with Crippen LogP contribution < -0.4 is 5.32 Å². The van der Waals surface area contributed by atoms with E-state index >= 15 is 0 Å². The summed E-state index contributed by atoms with van der Waals surface area (Å²) in [5, 5.41) is 8.80. The number of benzene rings is 5. The standard InChI is InChI=1S/C31H26N4S/c1-2-18-35(20-21-10-4-3-5-11-21)31(36)32-22-16-17-27-28(19-22)34-30-26-15-9-7-13-24(26)23-12-6-8-14-25(23)29(30)33-27/h3-17,19H,2,18,20H2,1H3,(H,32,36). The van der Waals surface area contributed by atoms with Crippen LogP contribution in [0.25, 0.3) is 43.6 Å². The zero-order chi connectivity index (χ0) is 24.5. The van der Waals surface area contributed by atoms with Crippen molar-refractivity contribution in [2.45, 2.75) is 19.9 Å². The first-order valence-electron chi connectivity index (χ1n) is 12.3. The number of fused-ring (bicyclic) bond motifs is 7. The Morgan fingerprint density at radius 2 is 1.31 bits per heavy atom. The minimum Gasteiger partial charge on any atom is -0.345 e. The fraction of sp³-hybridized carbons (Fsp3) is 0.129. The number of hydrogen-bond acceptors (Lipinski definition) is 3. The van der Waals surface area contributed by atoms with Crippen molar-refractivity contribution in [3.05, 3.63) is 103 Å². The smallest absolute Gasteiger partial charge is 0.173 e. The molecule has 4 nitrogen and oxygen atoms in total. The van der Waals surface area contributed by atoms with Crippen LogP contribution >= 0.6 is 12.2 Å². The van der Waals surface area contributed by atoms with Gasteiger partial charge >= 0.3 is 0 Å². The molecule has 5 aromatic carbocycles. The van der Waals surface area contributed by atoms with Crippen LogP contribution in [0, 0.1) is 0 Å². The molecule has 1 heterocycles. The van der Waals surface area contributed by atoms with E-state index in [1.807, 2.05) is 24.3 Å². The third-order valence-electron chi connectivity index (χ3n) is 6.57. The van der Waals surface area contributed by atoms with Crippen LogP contribution in [-0.4, -0.2) is 26.5 Å². The molecular formula is C31H26N4S. The molecule has 0 saturated heterocycles. The molecule has 0 aliphatic heterocycles. The largest absolute Gasteiger partial charge is 0.345 e. The maximum absolute atomic E-state index is 5.82. The van der Waals surface area contributed by atoms with Crippen molar-refractivity contribution in [3.8, 4) is 0 Å². The van der Waals surface area contributed by atoms with Crippen molar-refractivity contribution in [2.24, 2.45) is 0 Å². The molecule has 0 spiro atoms. The van der Waals surface area contributed by atoms with Gasteiger partial charge in [-0.3, -0.25) is 0 Å². The highest BCUT2D eigenvalue weighted by Crippen LogP contribution is 2.34. The number of anilines is 1. The van der Waals surface area contributed by atoms with Gasteiger partial charge in [-0.1, -0.05) is 85.8 Å². The highest BCUT2D eigenvalue weighted by molar-refractivity contribution is 7.80. The van der Waals surface area contributed by atoms with Gasteiger partial charge < -0.3 is 10.2 Å². The molecule has 0 aliphatic rings. The molecule has 6 aromatic rings. The van der Waals surface area contributed by atoms with E-state index in [0.29, 0.717) is 5.11 Å². The maximum Gasteiger partial charge on any atom is 0.173 e. The third-order valence-corrected chi connectivity index (χ3v) is 6.93. The molecule has 6 rings (SSSR count). The molecule has 1 aromatic heterocycles. The van der Waals surface area contributed by atoms with Crippen molar-refractivity contribution in [3.63, 3.8) is 0 Å². The molecule has 0 aliphatic carbocycles. The fourth-order valence-electron chi connectivity index (χ4n) is 4.89. The average Bonchev–Trinajstić information content (AvgIpc) is 2.92. The van der Waals surface area contributed by atoms with Crippen molar-refractivity contribution < 1.29 is 0 Å². The second-order valence-corrected chi connectivity index (χ2v) is 9.44. The number of nitrogens with zero attached hydrogens (tertiary/aromatic N) is 3. The quantitative estimate of drug-likeness (QED) is 0.154. The van der Waals surface area contributed by atoms with E-state index in [0.717, 1.165) is 58.0 Å². The number of hydrogen-bond donors (Lipinski definition) is 1. The highest BCUT2D eigenvalue weighted by Gasteiger charge is 2.14. The molecule has 0 amide bonds. The Bertz CT molecular complexity index is 1730. The first-order valence-corrected chi connectivity index (χ1v) is 12.7. The first-order chi connectivity index (χ1) is 17.7. The molecule has 0 saturated carbocycles. The van der Waals surface area contributed by atoms with E-state index in [9.17, 15) is 0 Å². The molecule has 0 radical (unpaired) electrons. The van der Waals surface area contributed by atoms with Crippen LogP contribution in [0.5, 0.6) is 0 Å². The number of aromatic nitrogens is 2. The molecule has 1 N–H and O–H groups in total. The fourth-order valence-corrected chi connectivity index (χ4v) is 5.16. The van der Waals surface area contributed by atoms with Crippen LogP contribution in [0.2, 0.25) is 0 Å². The van der Waals surface area contributed by atoms with E-state index < -0.39 is 0 Å². The summed E-state index contributed by atoms with van der Waals surface area (Å²) in [7, 11) is 0. The van der Waals surface area contributed by atoms with E-state index in [2.05, 4.69) is 89.9 Å². The summed E-state index contributed by atoms with van der Waals surface area (Å²) in [4.78, 5) is 12.4. The second-order valence-electron chi connectivity index (χ2n) is 9.05. The normalized spacial score (nSPS) is 11.4. The van der Waals surface area contributed by atoms with Crippen LogP contribution in [0.1, 0.15) is 18.9 Å². The van der Waals surface area contributed by atoms with E-state index in [1.54, 1.807) is 0 Å². The lowest BCUT2D eigenvalue weighted by Gasteiger charge is -2.25. The molecule has 0 fully saturated rings. The lowest BCUT2D eigenvalue weighted by molar-refractivity contribution is 0.418. The molecular weight excluding hydrogens is 460 g/mol. The summed E-state index contributed by atoms with van der Waals surface area (Å²) >= 11 is 5.82. The Balaban J connectivity index is 1.40. The Morgan fingerprint density at radius 3 is 1.94 bits per heavy atom. The van der Waals surface area contributed by atoms with Gasteiger partial charge in [-0.25, -0.2) is 9.97 Å². The van der Waals surface area contributed by atoms with Gasteiger partial charge in [0.15, 0.2) is 5.11 Å². The molecule has 5 heteroatoms. The van der Waals surface area contributed by atoms with Gasteiger partial charge in [-0.15, -0.1) is 0 Å². The highest BCUT2D eigenvalue weighted by atomic mass is 32.1. The van der Waals surface area contributed by atoms with E-state index in [4.69, 9.17) is 22.2 Å². The van der Waals surface area contributed by atoms with Crippen molar-refractivity contribution in [1.29, 1.82) is 0 Å². The van der Waals surface area contributed by atoms with E-state index in [1.165, 1.54) is 16.3 Å². The van der Waals surface area contributed by atoms with E-state index in [-0.39, 0.29) is 0 Å². The monoisotopic (exact) mass is 486 g/mol. The Hall–Kier alpha value is -4.09. The Morgan fingerprint density at radius 1 is 0.722 bits per heavy atom. The summed E-state index contributed by atoms with van der Waals surface area (Å²) in [5.74, 6) is 0. The zero-order valence-electron chi connectivity index (χ0n) is 20.1. The van der Waals surface area contributed by atoms with Crippen LogP contribution in [0.15, 0.2) is 97.1 Å². The van der Waals surface area contributed by atoms with Gasteiger partial charge in [0.1, 0.15) is 0 Å². The van der Waals surface area contributed by atoms with Crippen molar-refractivity contribution >= 4 is 66.6 Å². The summed E-state index contributed by atoms with van der Waals surface area (Å²) in [6.07, 6.45) is 1.02. The minimum atomic E-state index is 0.713. The molecule has 0 unspecified atom stereocenters. The lowest BCUT2D eigenvalue weighted by atomic mass is 9.99. The zero-order valence-corrected chi connectivity index (χ0v) is 20.9. The molecule has 0 atom stereocenters. The first kappa shape index (κ1) is 22.4. The topological polar surface area (TPSA) is 41.0 Å². The Labute approximate surface area is 215 Å². The molecule has 0 bridgehead atoms. The summed E-state index contributed by atoms with van der Waals surface area (Å²) in [6.45, 7) is 3.83. The molecule has 36 heavy (non-hydrogen) atoms. The van der Waals surface area contributed by atoms with Crippen molar-refractivity contribution in [1.82, 2.24) is 14.9 Å².